The molecule has 0 fully saturated rings. The molecule has 1 aromatic heterocycles. The zero-order valence-electron chi connectivity index (χ0n) is 13.1. The molecule has 0 aliphatic rings. The summed E-state index contributed by atoms with van der Waals surface area (Å²) < 4.78 is 1.46. The van der Waals surface area contributed by atoms with Gasteiger partial charge in [-0.25, -0.2) is 0 Å². The average Bonchev–Trinajstić information content (AvgIpc) is 3.00. The molecule has 0 saturated carbocycles. The van der Waals surface area contributed by atoms with Crippen molar-refractivity contribution in [3.05, 3.63) is 53.9 Å². The van der Waals surface area contributed by atoms with E-state index in [2.05, 4.69) is 10.4 Å². The van der Waals surface area contributed by atoms with Gasteiger partial charge in [0.1, 0.15) is 0 Å². The Bertz CT molecular complexity index is 731. The van der Waals surface area contributed by atoms with Gasteiger partial charge in [-0.3, -0.25) is 14.3 Å². The highest BCUT2D eigenvalue weighted by atomic mass is 16.2. The van der Waals surface area contributed by atoms with Crippen LogP contribution >= 0.6 is 0 Å². The van der Waals surface area contributed by atoms with Crippen LogP contribution in [-0.4, -0.2) is 21.5 Å². The van der Waals surface area contributed by atoms with Crippen molar-refractivity contribution < 1.29 is 9.59 Å². The standard InChI is InChI=1S/C17H18N4O2/c1-3-15(12-7-5-4-6-8-12)20-17(23)14(9-18)16(22)13-10-19-21(2)11-13/h4-8,10-11,14-15H,3H2,1-2H3,(H,20,23)/t14-,15-/m0/s1. The number of aryl methyl sites for hydroxylation is 1. The van der Waals surface area contributed by atoms with Crippen molar-refractivity contribution in [2.75, 3.05) is 0 Å². The Balaban J connectivity index is 2.14. The summed E-state index contributed by atoms with van der Waals surface area (Å²) in [5.74, 6) is -2.50. The van der Waals surface area contributed by atoms with Crippen LogP contribution < -0.4 is 5.32 Å². The number of carbonyl (C=O) groups is 2. The Morgan fingerprint density at radius 2 is 2.04 bits per heavy atom. The molecule has 0 bridgehead atoms. The van der Waals surface area contributed by atoms with E-state index in [4.69, 9.17) is 0 Å². The quantitative estimate of drug-likeness (QED) is 0.653. The summed E-state index contributed by atoms with van der Waals surface area (Å²) in [5.41, 5.74) is 1.19. The number of nitrogens with one attached hydrogen (secondary N) is 1. The van der Waals surface area contributed by atoms with E-state index < -0.39 is 17.6 Å². The first kappa shape index (κ1) is 16.4. The fourth-order valence-electron chi connectivity index (χ4n) is 2.31. The summed E-state index contributed by atoms with van der Waals surface area (Å²) in [7, 11) is 1.67. The van der Waals surface area contributed by atoms with Gasteiger partial charge < -0.3 is 5.32 Å². The molecule has 1 N–H and O–H groups in total. The predicted octanol–water partition coefficient (Wildman–Crippen LogP) is 2.01. The maximum absolute atomic E-state index is 12.4. The molecule has 6 nitrogen and oxygen atoms in total. The molecule has 0 aliphatic carbocycles. The largest absolute Gasteiger partial charge is 0.348 e. The first-order valence-electron chi connectivity index (χ1n) is 7.34. The van der Waals surface area contributed by atoms with Gasteiger partial charge in [0.2, 0.25) is 5.91 Å². The Labute approximate surface area is 134 Å². The fourth-order valence-corrected chi connectivity index (χ4v) is 2.31. The third-order valence-electron chi connectivity index (χ3n) is 3.57. The van der Waals surface area contributed by atoms with Gasteiger partial charge >= 0.3 is 0 Å². The monoisotopic (exact) mass is 310 g/mol. The molecular formula is C17H18N4O2. The summed E-state index contributed by atoms with van der Waals surface area (Å²) in [6.45, 7) is 1.93. The number of nitrogens with zero attached hydrogens (tertiary/aromatic N) is 3. The maximum Gasteiger partial charge on any atom is 0.245 e. The molecule has 0 unspecified atom stereocenters. The number of rotatable bonds is 6. The molecule has 2 rings (SSSR count). The second-order valence-electron chi connectivity index (χ2n) is 5.21. The molecule has 0 spiro atoms. The number of nitriles is 1. The number of carbonyl (C=O) groups excluding carboxylic acids is 2. The number of aromatic nitrogens is 2. The summed E-state index contributed by atoms with van der Waals surface area (Å²) in [6, 6.07) is 11.0. The lowest BCUT2D eigenvalue weighted by molar-refractivity contribution is -0.123. The summed E-state index contributed by atoms with van der Waals surface area (Å²) in [4.78, 5) is 24.7. The Kier molecular flexibility index (Phi) is 5.26. The van der Waals surface area contributed by atoms with Crippen LogP contribution in [-0.2, 0) is 11.8 Å². The minimum atomic E-state index is -1.38. The van der Waals surface area contributed by atoms with Crippen molar-refractivity contribution >= 4 is 11.7 Å². The van der Waals surface area contributed by atoms with Crippen LogP contribution in [0.2, 0.25) is 0 Å². The van der Waals surface area contributed by atoms with Gasteiger partial charge in [0.25, 0.3) is 0 Å². The lowest BCUT2D eigenvalue weighted by Gasteiger charge is -2.18. The lowest BCUT2D eigenvalue weighted by Crippen LogP contribution is -2.37. The van der Waals surface area contributed by atoms with Crippen LogP contribution in [0, 0.1) is 17.2 Å². The van der Waals surface area contributed by atoms with Crippen molar-refractivity contribution in [2.24, 2.45) is 13.0 Å². The lowest BCUT2D eigenvalue weighted by atomic mass is 9.98. The summed E-state index contributed by atoms with van der Waals surface area (Å²) >= 11 is 0. The fraction of sp³-hybridized carbons (Fsp3) is 0.294. The second-order valence-corrected chi connectivity index (χ2v) is 5.21. The van der Waals surface area contributed by atoms with Crippen molar-refractivity contribution in [2.45, 2.75) is 19.4 Å². The molecule has 1 heterocycles. The first-order valence-corrected chi connectivity index (χ1v) is 7.34. The van der Waals surface area contributed by atoms with Crippen LogP contribution in [0.3, 0.4) is 0 Å². The molecule has 118 valence electrons. The maximum atomic E-state index is 12.4. The van der Waals surface area contributed by atoms with Gasteiger partial charge in [0, 0.05) is 13.2 Å². The molecule has 0 saturated heterocycles. The van der Waals surface area contributed by atoms with Crippen molar-refractivity contribution in [3.8, 4) is 6.07 Å². The summed E-state index contributed by atoms with van der Waals surface area (Å²) in [6.07, 6.45) is 3.51. The highest BCUT2D eigenvalue weighted by Crippen LogP contribution is 2.17. The van der Waals surface area contributed by atoms with Crippen molar-refractivity contribution in [1.29, 1.82) is 5.26 Å². The number of hydrogen-bond acceptors (Lipinski definition) is 4. The number of benzene rings is 1. The van der Waals surface area contributed by atoms with Gasteiger partial charge in [-0.15, -0.1) is 0 Å². The van der Waals surface area contributed by atoms with Crippen LogP contribution in [0.5, 0.6) is 0 Å². The van der Waals surface area contributed by atoms with Gasteiger partial charge in [0.05, 0.1) is 23.9 Å². The second kappa shape index (κ2) is 7.36. The van der Waals surface area contributed by atoms with E-state index in [-0.39, 0.29) is 11.6 Å². The third kappa shape index (κ3) is 3.83. The third-order valence-corrected chi connectivity index (χ3v) is 3.57. The molecule has 0 aliphatic heterocycles. The minimum Gasteiger partial charge on any atom is -0.348 e. The Morgan fingerprint density at radius 1 is 1.35 bits per heavy atom. The van der Waals surface area contributed by atoms with E-state index in [1.54, 1.807) is 13.1 Å². The Hall–Kier alpha value is -2.94. The molecule has 6 heteroatoms. The van der Waals surface area contributed by atoms with E-state index in [1.807, 2.05) is 37.3 Å². The molecule has 1 amide bonds. The first-order chi connectivity index (χ1) is 11.1. The predicted molar refractivity (Wildman–Crippen MR) is 84.3 cm³/mol. The highest BCUT2D eigenvalue weighted by molar-refractivity contribution is 6.11. The number of amides is 1. The molecule has 2 aromatic rings. The molecule has 2 atom stereocenters. The van der Waals surface area contributed by atoms with E-state index in [9.17, 15) is 14.9 Å². The normalized spacial score (nSPS) is 12.9. The zero-order valence-corrected chi connectivity index (χ0v) is 13.1. The number of ketones is 1. The zero-order chi connectivity index (χ0) is 16.8. The van der Waals surface area contributed by atoms with Crippen LogP contribution in [0.1, 0.15) is 35.3 Å². The van der Waals surface area contributed by atoms with Crippen LogP contribution in [0.4, 0.5) is 0 Å². The molecular weight excluding hydrogens is 292 g/mol. The van der Waals surface area contributed by atoms with E-state index >= 15 is 0 Å². The van der Waals surface area contributed by atoms with Crippen LogP contribution in [0.15, 0.2) is 42.7 Å². The molecule has 23 heavy (non-hydrogen) atoms. The van der Waals surface area contributed by atoms with Crippen molar-refractivity contribution in [3.63, 3.8) is 0 Å². The van der Waals surface area contributed by atoms with E-state index in [0.717, 1.165) is 5.56 Å². The van der Waals surface area contributed by atoms with Gasteiger partial charge in [0.15, 0.2) is 11.7 Å². The number of hydrogen-bond donors (Lipinski definition) is 1. The van der Waals surface area contributed by atoms with Crippen molar-refractivity contribution in [1.82, 2.24) is 15.1 Å². The average molecular weight is 310 g/mol. The summed E-state index contributed by atoms with van der Waals surface area (Å²) in [5, 5.41) is 15.9. The smallest absolute Gasteiger partial charge is 0.245 e. The Morgan fingerprint density at radius 3 is 2.57 bits per heavy atom. The van der Waals surface area contributed by atoms with Gasteiger partial charge in [-0.05, 0) is 12.0 Å². The highest BCUT2D eigenvalue weighted by Gasteiger charge is 2.29. The van der Waals surface area contributed by atoms with Gasteiger partial charge in [-0.2, -0.15) is 10.4 Å². The SMILES string of the molecule is CC[C@H](NC(=O)[C@@H](C#N)C(=O)c1cnn(C)c1)c1ccccc1. The van der Waals surface area contributed by atoms with E-state index in [0.29, 0.717) is 6.42 Å². The topological polar surface area (TPSA) is 87.8 Å². The van der Waals surface area contributed by atoms with Crippen LogP contribution in [0.25, 0.3) is 0 Å². The molecule has 0 radical (unpaired) electrons. The number of Topliss-reactive ketones (excluding diaryl/α,β-unsaturated/α-hetero) is 1. The van der Waals surface area contributed by atoms with Gasteiger partial charge in [-0.1, -0.05) is 37.3 Å². The minimum absolute atomic E-state index is 0.235. The molecule has 1 aromatic carbocycles. The van der Waals surface area contributed by atoms with E-state index in [1.165, 1.54) is 17.1 Å².